The highest BCUT2D eigenvalue weighted by molar-refractivity contribution is 7.80. The first-order chi connectivity index (χ1) is 9.86. The molecule has 0 radical (unpaired) electrons. The molecular weight excluding hydrogens is 301 g/mol. The minimum atomic E-state index is -4.36. The first-order valence-corrected chi connectivity index (χ1v) is 6.30. The van der Waals surface area contributed by atoms with Gasteiger partial charge < -0.3 is 11.1 Å². The van der Waals surface area contributed by atoms with Gasteiger partial charge in [0.1, 0.15) is 10.7 Å². The molecule has 0 saturated carbocycles. The van der Waals surface area contributed by atoms with Gasteiger partial charge in [-0.15, -0.1) is 0 Å². The Labute approximate surface area is 124 Å². The number of nitrogens with two attached hydrogens (primary N) is 1. The van der Waals surface area contributed by atoms with Gasteiger partial charge in [0.2, 0.25) is 5.95 Å². The van der Waals surface area contributed by atoms with Crippen LogP contribution in [0.5, 0.6) is 0 Å². The van der Waals surface area contributed by atoms with Crippen molar-refractivity contribution in [2.45, 2.75) is 12.7 Å². The molecule has 0 aliphatic carbocycles. The number of hydrogen-bond donors (Lipinski definition) is 2. The van der Waals surface area contributed by atoms with Gasteiger partial charge in [-0.25, -0.2) is 9.97 Å². The van der Waals surface area contributed by atoms with Crippen molar-refractivity contribution in [1.29, 1.82) is 0 Å². The molecule has 3 N–H and O–H groups in total. The van der Waals surface area contributed by atoms with Crippen LogP contribution in [0.3, 0.4) is 0 Å². The van der Waals surface area contributed by atoms with E-state index in [0.717, 1.165) is 12.1 Å². The third-order valence-electron chi connectivity index (χ3n) is 2.61. The summed E-state index contributed by atoms with van der Waals surface area (Å²) in [5.74, 6) is 0.248. The van der Waals surface area contributed by atoms with Crippen LogP contribution in [0.15, 0.2) is 36.5 Å². The maximum absolute atomic E-state index is 12.6. The van der Waals surface area contributed by atoms with Crippen molar-refractivity contribution in [2.75, 3.05) is 5.32 Å². The summed E-state index contributed by atoms with van der Waals surface area (Å²) < 4.78 is 37.8. The molecule has 0 unspecified atom stereocenters. The van der Waals surface area contributed by atoms with Crippen LogP contribution in [0.25, 0.3) is 0 Å². The summed E-state index contributed by atoms with van der Waals surface area (Å²) in [7, 11) is 0. The van der Waals surface area contributed by atoms with Crippen molar-refractivity contribution >= 4 is 23.2 Å². The van der Waals surface area contributed by atoms with Crippen molar-refractivity contribution < 1.29 is 13.2 Å². The van der Waals surface area contributed by atoms with Gasteiger partial charge in [0.05, 0.1) is 5.56 Å². The third kappa shape index (κ3) is 4.12. The fraction of sp³-hybridized carbons (Fsp3) is 0.154. The zero-order chi connectivity index (χ0) is 15.5. The molecule has 0 bridgehead atoms. The second kappa shape index (κ2) is 6.04. The summed E-state index contributed by atoms with van der Waals surface area (Å²) >= 11 is 4.79. The first-order valence-electron chi connectivity index (χ1n) is 5.89. The molecule has 4 nitrogen and oxygen atoms in total. The van der Waals surface area contributed by atoms with E-state index in [9.17, 15) is 13.2 Å². The fourth-order valence-corrected chi connectivity index (χ4v) is 1.73. The smallest absolute Gasteiger partial charge is 0.388 e. The van der Waals surface area contributed by atoms with E-state index in [1.807, 2.05) is 0 Å². The Kier molecular flexibility index (Phi) is 4.37. The van der Waals surface area contributed by atoms with Crippen molar-refractivity contribution in [2.24, 2.45) is 5.73 Å². The number of nitrogens with one attached hydrogen (secondary N) is 1. The molecule has 1 aromatic heterocycles. The van der Waals surface area contributed by atoms with Gasteiger partial charge in [0.15, 0.2) is 0 Å². The Hall–Kier alpha value is -2.22. The highest BCUT2D eigenvalue weighted by Crippen LogP contribution is 2.29. The van der Waals surface area contributed by atoms with E-state index in [-0.39, 0.29) is 17.5 Å². The summed E-state index contributed by atoms with van der Waals surface area (Å²) in [4.78, 5) is 8.12. The maximum atomic E-state index is 12.6. The highest BCUT2D eigenvalue weighted by atomic mass is 32.1. The van der Waals surface area contributed by atoms with Gasteiger partial charge >= 0.3 is 6.18 Å². The molecule has 0 atom stereocenters. The molecule has 8 heteroatoms. The maximum Gasteiger partial charge on any atom is 0.416 e. The zero-order valence-corrected chi connectivity index (χ0v) is 11.5. The summed E-state index contributed by atoms with van der Waals surface area (Å²) in [5, 5.41) is 2.83. The van der Waals surface area contributed by atoms with Crippen LogP contribution in [0.4, 0.5) is 19.1 Å². The van der Waals surface area contributed by atoms with Crippen molar-refractivity contribution in [3.05, 3.63) is 53.3 Å². The Morgan fingerprint density at radius 1 is 1.29 bits per heavy atom. The van der Waals surface area contributed by atoms with Crippen LogP contribution >= 0.6 is 12.2 Å². The van der Waals surface area contributed by atoms with E-state index in [1.165, 1.54) is 12.3 Å². The number of anilines is 1. The molecule has 110 valence electrons. The van der Waals surface area contributed by atoms with E-state index in [0.29, 0.717) is 11.3 Å². The first kappa shape index (κ1) is 15.2. The number of nitrogens with zero attached hydrogens (tertiary/aromatic N) is 2. The van der Waals surface area contributed by atoms with Gasteiger partial charge in [0.25, 0.3) is 0 Å². The van der Waals surface area contributed by atoms with Crippen LogP contribution in [0.1, 0.15) is 16.8 Å². The Bertz CT molecular complexity index is 658. The summed E-state index contributed by atoms with van der Waals surface area (Å²) in [6.45, 7) is 0.157. The topological polar surface area (TPSA) is 63.8 Å². The van der Waals surface area contributed by atoms with Crippen LogP contribution in [0.2, 0.25) is 0 Å². The van der Waals surface area contributed by atoms with Gasteiger partial charge in [-0.3, -0.25) is 0 Å². The average Bonchev–Trinajstić information content (AvgIpc) is 2.45. The second-order valence-electron chi connectivity index (χ2n) is 4.18. The van der Waals surface area contributed by atoms with Crippen LogP contribution in [0, 0.1) is 0 Å². The molecule has 0 aliphatic heterocycles. The molecule has 21 heavy (non-hydrogen) atoms. The number of halogens is 3. The molecule has 2 rings (SSSR count). The van der Waals surface area contributed by atoms with Crippen molar-refractivity contribution in [3.63, 3.8) is 0 Å². The second-order valence-corrected chi connectivity index (χ2v) is 4.62. The van der Waals surface area contributed by atoms with Crippen molar-refractivity contribution in [1.82, 2.24) is 9.97 Å². The SMILES string of the molecule is NC(=S)c1ccnc(NCc2cccc(C(F)(F)F)c2)n1. The van der Waals surface area contributed by atoms with Gasteiger partial charge in [-0.05, 0) is 23.8 Å². The van der Waals surface area contributed by atoms with Gasteiger partial charge in [-0.1, -0.05) is 24.4 Å². The van der Waals surface area contributed by atoms with E-state index >= 15 is 0 Å². The summed E-state index contributed by atoms with van der Waals surface area (Å²) in [5.41, 5.74) is 5.61. The number of hydrogen-bond acceptors (Lipinski definition) is 4. The van der Waals surface area contributed by atoms with Crippen LogP contribution in [-0.4, -0.2) is 15.0 Å². The molecule has 0 saturated heterocycles. The van der Waals surface area contributed by atoms with Crippen LogP contribution < -0.4 is 11.1 Å². The van der Waals surface area contributed by atoms with E-state index in [4.69, 9.17) is 18.0 Å². The average molecular weight is 312 g/mol. The minimum Gasteiger partial charge on any atom is -0.388 e. The zero-order valence-electron chi connectivity index (χ0n) is 10.7. The largest absolute Gasteiger partial charge is 0.416 e. The summed E-state index contributed by atoms with van der Waals surface area (Å²) in [6, 6.07) is 6.58. The lowest BCUT2D eigenvalue weighted by Crippen LogP contribution is -2.14. The molecule has 1 heterocycles. The highest BCUT2D eigenvalue weighted by Gasteiger charge is 2.30. The Balaban J connectivity index is 2.10. The quantitative estimate of drug-likeness (QED) is 0.850. The van der Waals surface area contributed by atoms with E-state index in [2.05, 4.69) is 15.3 Å². The van der Waals surface area contributed by atoms with Crippen molar-refractivity contribution in [3.8, 4) is 0 Å². The molecule has 0 spiro atoms. The lowest BCUT2D eigenvalue weighted by molar-refractivity contribution is -0.137. The molecular formula is C13H11F3N4S. The molecule has 1 aromatic carbocycles. The third-order valence-corrected chi connectivity index (χ3v) is 2.82. The number of rotatable bonds is 4. The molecule has 0 amide bonds. The van der Waals surface area contributed by atoms with Gasteiger partial charge in [-0.2, -0.15) is 13.2 Å². The van der Waals surface area contributed by atoms with Crippen LogP contribution in [-0.2, 0) is 12.7 Å². The Morgan fingerprint density at radius 3 is 2.71 bits per heavy atom. The Morgan fingerprint density at radius 2 is 2.05 bits per heavy atom. The predicted octanol–water partition coefficient (Wildman–Crippen LogP) is 2.74. The monoisotopic (exact) mass is 312 g/mol. The summed E-state index contributed by atoms with van der Waals surface area (Å²) in [6.07, 6.45) is -2.89. The minimum absolute atomic E-state index is 0.125. The lowest BCUT2D eigenvalue weighted by atomic mass is 10.1. The van der Waals surface area contributed by atoms with Gasteiger partial charge in [0, 0.05) is 12.7 Å². The predicted molar refractivity (Wildman–Crippen MR) is 76.7 cm³/mol. The lowest BCUT2D eigenvalue weighted by Gasteiger charge is -2.09. The molecule has 0 aliphatic rings. The number of aromatic nitrogens is 2. The number of thiocarbonyl (C=S) groups is 1. The van der Waals surface area contributed by atoms with E-state index in [1.54, 1.807) is 12.1 Å². The standard InChI is InChI=1S/C13H11F3N4S/c14-13(15,16)9-3-1-2-8(6-9)7-19-12-18-5-4-10(20-12)11(17)21/h1-6H,7H2,(H2,17,21)(H,18,19,20). The number of alkyl halides is 3. The molecule has 0 fully saturated rings. The molecule has 2 aromatic rings. The normalized spacial score (nSPS) is 11.2. The number of benzene rings is 1. The fourth-order valence-electron chi connectivity index (χ4n) is 1.62. The van der Waals surface area contributed by atoms with E-state index < -0.39 is 11.7 Å².